The first-order valence-corrected chi connectivity index (χ1v) is 8.06. The van der Waals surface area contributed by atoms with E-state index in [0.717, 1.165) is 25.7 Å². The van der Waals surface area contributed by atoms with Gasteiger partial charge in [-0.05, 0) is 42.2 Å². The predicted molar refractivity (Wildman–Crippen MR) is 82.6 cm³/mol. The van der Waals surface area contributed by atoms with Crippen LogP contribution in [0.1, 0.15) is 50.7 Å². The summed E-state index contributed by atoms with van der Waals surface area (Å²) in [5.74, 6) is 0.885. The van der Waals surface area contributed by atoms with E-state index < -0.39 is 5.60 Å². The highest BCUT2D eigenvalue weighted by atomic mass is 16.3. The van der Waals surface area contributed by atoms with Crippen LogP contribution in [0.25, 0.3) is 0 Å². The predicted octanol–water partition coefficient (Wildman–Crippen LogP) is 3.02. The molecule has 2 nitrogen and oxygen atoms in total. The highest BCUT2D eigenvalue weighted by Gasteiger charge is 2.57. The van der Waals surface area contributed by atoms with Gasteiger partial charge in [-0.25, -0.2) is 0 Å². The number of rotatable bonds is 2. The summed E-state index contributed by atoms with van der Waals surface area (Å²) < 4.78 is 0. The molecule has 3 rings (SSSR count). The quantitative estimate of drug-likeness (QED) is 0.870. The first kappa shape index (κ1) is 14.1. The summed E-state index contributed by atoms with van der Waals surface area (Å²) in [7, 11) is 0. The van der Waals surface area contributed by atoms with Gasteiger partial charge < -0.3 is 10.8 Å². The van der Waals surface area contributed by atoms with Crippen molar-refractivity contribution < 1.29 is 5.11 Å². The van der Waals surface area contributed by atoms with Crippen molar-refractivity contribution >= 4 is 0 Å². The van der Waals surface area contributed by atoms with Crippen LogP contribution in [-0.2, 0) is 11.8 Å². The highest BCUT2D eigenvalue weighted by molar-refractivity contribution is 5.43. The monoisotopic (exact) mass is 273 g/mol. The summed E-state index contributed by atoms with van der Waals surface area (Å²) in [6.07, 6.45) is 5.29. The van der Waals surface area contributed by atoms with E-state index in [4.69, 9.17) is 5.73 Å². The van der Waals surface area contributed by atoms with Crippen LogP contribution in [0.5, 0.6) is 0 Å². The van der Waals surface area contributed by atoms with Crippen molar-refractivity contribution in [1.82, 2.24) is 0 Å². The second-order valence-electron chi connectivity index (χ2n) is 7.03. The topological polar surface area (TPSA) is 46.2 Å². The highest BCUT2D eigenvalue weighted by Crippen LogP contribution is 2.54. The average Bonchev–Trinajstić information content (AvgIpc) is 2.85. The molecule has 0 saturated heterocycles. The van der Waals surface area contributed by atoms with E-state index in [2.05, 4.69) is 38.1 Å². The van der Waals surface area contributed by atoms with Gasteiger partial charge in [0.25, 0.3) is 0 Å². The minimum absolute atomic E-state index is 0.238. The van der Waals surface area contributed by atoms with Gasteiger partial charge in [0.1, 0.15) is 0 Å². The SMILES string of the molecule is CC1CCCC(O)(C2(CN)CCc3ccccc32)C1C. The minimum atomic E-state index is -0.647. The molecule has 2 heteroatoms. The first-order valence-electron chi connectivity index (χ1n) is 8.06. The number of fused-ring (bicyclic) bond motifs is 1. The van der Waals surface area contributed by atoms with Gasteiger partial charge in [0.15, 0.2) is 0 Å². The zero-order chi connectivity index (χ0) is 14.4. The van der Waals surface area contributed by atoms with Crippen LogP contribution in [-0.4, -0.2) is 17.3 Å². The number of nitrogens with two attached hydrogens (primary N) is 1. The first-order chi connectivity index (χ1) is 9.55. The summed E-state index contributed by atoms with van der Waals surface area (Å²) in [6.45, 7) is 5.06. The molecule has 4 unspecified atom stereocenters. The smallest absolute Gasteiger partial charge is 0.0784 e. The second-order valence-corrected chi connectivity index (χ2v) is 7.03. The van der Waals surface area contributed by atoms with Gasteiger partial charge in [-0.1, -0.05) is 51.0 Å². The maximum absolute atomic E-state index is 11.6. The van der Waals surface area contributed by atoms with Crippen molar-refractivity contribution in [2.45, 2.75) is 57.0 Å². The van der Waals surface area contributed by atoms with E-state index in [9.17, 15) is 5.11 Å². The van der Waals surface area contributed by atoms with Crippen LogP contribution in [0.3, 0.4) is 0 Å². The van der Waals surface area contributed by atoms with Gasteiger partial charge in [-0.2, -0.15) is 0 Å². The summed E-state index contributed by atoms with van der Waals surface area (Å²) in [6, 6.07) is 8.59. The Bertz CT molecular complexity index is 500. The number of benzene rings is 1. The molecule has 0 bridgehead atoms. The van der Waals surface area contributed by atoms with Crippen molar-refractivity contribution in [2.24, 2.45) is 17.6 Å². The zero-order valence-corrected chi connectivity index (χ0v) is 12.7. The summed E-state index contributed by atoms with van der Waals surface area (Å²) in [4.78, 5) is 0. The molecule has 1 fully saturated rings. The largest absolute Gasteiger partial charge is 0.389 e. The molecule has 4 atom stereocenters. The second kappa shape index (κ2) is 4.85. The van der Waals surface area contributed by atoms with Crippen molar-refractivity contribution in [1.29, 1.82) is 0 Å². The lowest BCUT2D eigenvalue weighted by Gasteiger charge is -2.53. The van der Waals surface area contributed by atoms with Crippen LogP contribution in [0.15, 0.2) is 24.3 Å². The van der Waals surface area contributed by atoms with Gasteiger partial charge in [-0.15, -0.1) is 0 Å². The number of hydrogen-bond acceptors (Lipinski definition) is 2. The zero-order valence-electron chi connectivity index (χ0n) is 12.7. The fraction of sp³-hybridized carbons (Fsp3) is 0.667. The average molecular weight is 273 g/mol. The normalized spacial score (nSPS) is 40.6. The lowest BCUT2D eigenvalue weighted by atomic mass is 9.56. The molecule has 0 radical (unpaired) electrons. The van der Waals surface area contributed by atoms with Crippen LogP contribution in [0, 0.1) is 11.8 Å². The van der Waals surface area contributed by atoms with Gasteiger partial charge in [0, 0.05) is 12.0 Å². The molecule has 1 aromatic carbocycles. The molecule has 0 amide bonds. The van der Waals surface area contributed by atoms with Crippen LogP contribution in [0.4, 0.5) is 0 Å². The van der Waals surface area contributed by atoms with Gasteiger partial charge >= 0.3 is 0 Å². The standard InChI is InChI=1S/C18H27NO/c1-13-6-5-10-18(20,14(13)2)17(12-19)11-9-15-7-3-4-8-16(15)17/h3-4,7-8,13-14,20H,5-6,9-12,19H2,1-2H3. The number of aliphatic hydroxyl groups is 1. The van der Waals surface area contributed by atoms with Crippen LogP contribution < -0.4 is 5.73 Å². The summed E-state index contributed by atoms with van der Waals surface area (Å²) in [5.41, 5.74) is 8.06. The maximum Gasteiger partial charge on any atom is 0.0784 e. The van der Waals surface area contributed by atoms with Crippen molar-refractivity contribution in [2.75, 3.05) is 6.54 Å². The molecular formula is C18H27NO. The molecule has 0 heterocycles. The Morgan fingerprint density at radius 3 is 2.75 bits per heavy atom. The van der Waals surface area contributed by atoms with Crippen LogP contribution in [0.2, 0.25) is 0 Å². The Labute approximate surface area is 122 Å². The molecule has 1 saturated carbocycles. The van der Waals surface area contributed by atoms with Gasteiger partial charge in [0.2, 0.25) is 0 Å². The van der Waals surface area contributed by atoms with E-state index in [1.54, 1.807) is 0 Å². The third-order valence-electron chi connectivity index (χ3n) is 6.36. The summed E-state index contributed by atoms with van der Waals surface area (Å²) in [5, 5.41) is 11.6. The third-order valence-corrected chi connectivity index (χ3v) is 6.36. The lowest BCUT2D eigenvalue weighted by Crippen LogP contribution is -2.61. The molecule has 2 aliphatic carbocycles. The molecular weight excluding hydrogens is 246 g/mol. The van der Waals surface area contributed by atoms with Crippen molar-refractivity contribution in [3.05, 3.63) is 35.4 Å². The maximum atomic E-state index is 11.6. The van der Waals surface area contributed by atoms with E-state index in [1.165, 1.54) is 17.5 Å². The molecule has 3 N–H and O–H groups in total. The molecule has 2 aliphatic rings. The molecule has 0 aliphatic heterocycles. The van der Waals surface area contributed by atoms with E-state index >= 15 is 0 Å². The fourth-order valence-corrected chi connectivity index (χ4v) is 4.84. The Hall–Kier alpha value is -0.860. The van der Waals surface area contributed by atoms with Gasteiger partial charge in [-0.3, -0.25) is 0 Å². The molecule has 20 heavy (non-hydrogen) atoms. The molecule has 110 valence electrons. The minimum Gasteiger partial charge on any atom is -0.389 e. The van der Waals surface area contributed by atoms with Crippen LogP contribution >= 0.6 is 0 Å². The fourth-order valence-electron chi connectivity index (χ4n) is 4.84. The lowest BCUT2D eigenvalue weighted by molar-refractivity contribution is -0.120. The Morgan fingerprint density at radius 2 is 2.00 bits per heavy atom. The Morgan fingerprint density at radius 1 is 1.25 bits per heavy atom. The molecule has 0 spiro atoms. The van der Waals surface area contributed by atoms with Gasteiger partial charge in [0.05, 0.1) is 5.60 Å². The number of aryl methyl sites for hydroxylation is 1. The molecule has 1 aromatic rings. The van der Waals surface area contributed by atoms with E-state index in [-0.39, 0.29) is 5.41 Å². The van der Waals surface area contributed by atoms with E-state index in [1.807, 2.05) is 0 Å². The third kappa shape index (κ3) is 1.71. The number of hydrogen-bond donors (Lipinski definition) is 2. The molecule has 0 aromatic heterocycles. The van der Waals surface area contributed by atoms with E-state index in [0.29, 0.717) is 18.4 Å². The Balaban J connectivity index is 2.10. The Kier molecular flexibility index (Phi) is 3.42. The summed E-state index contributed by atoms with van der Waals surface area (Å²) >= 11 is 0. The van der Waals surface area contributed by atoms with Crippen molar-refractivity contribution in [3.63, 3.8) is 0 Å². The van der Waals surface area contributed by atoms with Crippen molar-refractivity contribution in [3.8, 4) is 0 Å².